The summed E-state index contributed by atoms with van der Waals surface area (Å²) in [6.07, 6.45) is 0.910. The van der Waals surface area contributed by atoms with Gasteiger partial charge in [-0.25, -0.2) is 0 Å². The first-order chi connectivity index (χ1) is 6.61. The largest absolute Gasteiger partial charge is 0.460 e. The summed E-state index contributed by atoms with van der Waals surface area (Å²) >= 11 is 0. The number of carbonyl (C=O) groups excluding carboxylic acids is 1. The zero-order chi connectivity index (χ0) is 10.6. The molecule has 3 atom stereocenters. The van der Waals surface area contributed by atoms with Crippen LogP contribution in [0.4, 0.5) is 0 Å². The van der Waals surface area contributed by atoms with Gasteiger partial charge in [0.25, 0.3) is 0 Å². The number of hydrogen-bond acceptors (Lipinski definition) is 5. The Bertz CT molecular complexity index is 190. The lowest BCUT2D eigenvalue weighted by Gasteiger charge is -2.24. The number of rotatable bonds is 3. The van der Waals surface area contributed by atoms with Gasteiger partial charge in [-0.05, 0) is 26.3 Å². The van der Waals surface area contributed by atoms with E-state index >= 15 is 0 Å². The Kier molecular flexibility index (Phi) is 4.31. The number of nitrogens with two attached hydrogens (primary N) is 1. The van der Waals surface area contributed by atoms with Crippen molar-refractivity contribution in [1.29, 1.82) is 0 Å². The Morgan fingerprint density at radius 3 is 2.93 bits per heavy atom. The van der Waals surface area contributed by atoms with Gasteiger partial charge in [-0.1, -0.05) is 0 Å². The second kappa shape index (κ2) is 5.29. The summed E-state index contributed by atoms with van der Waals surface area (Å²) in [5.74, 6) is -0.520. The molecule has 1 aliphatic rings. The summed E-state index contributed by atoms with van der Waals surface area (Å²) in [5.41, 5.74) is 5.43. The van der Waals surface area contributed by atoms with Crippen molar-refractivity contribution in [3.8, 4) is 0 Å². The Morgan fingerprint density at radius 2 is 2.43 bits per heavy atom. The third-order valence-corrected chi connectivity index (χ3v) is 2.33. The first-order valence-corrected chi connectivity index (χ1v) is 4.96. The highest BCUT2D eigenvalue weighted by atomic mass is 16.5. The van der Waals surface area contributed by atoms with Crippen molar-refractivity contribution in [2.45, 2.75) is 38.0 Å². The van der Waals surface area contributed by atoms with Gasteiger partial charge >= 0.3 is 5.97 Å². The maximum atomic E-state index is 11.3. The Labute approximate surface area is 83.6 Å². The molecule has 14 heavy (non-hydrogen) atoms. The van der Waals surface area contributed by atoms with E-state index in [2.05, 4.69) is 5.32 Å². The van der Waals surface area contributed by atoms with Crippen LogP contribution in [0.2, 0.25) is 0 Å². The van der Waals surface area contributed by atoms with Crippen molar-refractivity contribution in [2.24, 2.45) is 5.73 Å². The van der Waals surface area contributed by atoms with Crippen molar-refractivity contribution in [2.75, 3.05) is 13.1 Å². The molecule has 5 heteroatoms. The molecule has 0 aromatic rings. The van der Waals surface area contributed by atoms with Crippen LogP contribution in [-0.4, -0.2) is 42.4 Å². The second-order valence-electron chi connectivity index (χ2n) is 3.67. The third-order valence-electron chi connectivity index (χ3n) is 2.33. The highest BCUT2D eigenvalue weighted by Crippen LogP contribution is 2.07. The second-order valence-corrected chi connectivity index (χ2v) is 3.67. The minimum Gasteiger partial charge on any atom is -0.460 e. The van der Waals surface area contributed by atoms with Crippen LogP contribution in [0.5, 0.6) is 0 Å². The molecule has 0 aromatic carbocycles. The molecule has 4 N–H and O–H groups in total. The number of piperidine rings is 1. The first-order valence-electron chi connectivity index (χ1n) is 4.96. The fourth-order valence-corrected chi connectivity index (χ4v) is 1.36. The Morgan fingerprint density at radius 1 is 1.71 bits per heavy atom. The molecule has 1 saturated heterocycles. The van der Waals surface area contributed by atoms with Crippen LogP contribution in [-0.2, 0) is 9.53 Å². The zero-order valence-electron chi connectivity index (χ0n) is 8.40. The maximum Gasteiger partial charge on any atom is 0.325 e. The van der Waals surface area contributed by atoms with E-state index in [1.807, 2.05) is 0 Å². The van der Waals surface area contributed by atoms with E-state index in [0.717, 1.165) is 19.4 Å². The van der Waals surface area contributed by atoms with Crippen molar-refractivity contribution in [3.05, 3.63) is 0 Å². The number of aliphatic hydroxyl groups excluding tert-OH is 1. The molecule has 1 aliphatic heterocycles. The average molecular weight is 202 g/mol. The van der Waals surface area contributed by atoms with Gasteiger partial charge < -0.3 is 20.9 Å². The molecule has 0 amide bonds. The van der Waals surface area contributed by atoms with Gasteiger partial charge in [-0.15, -0.1) is 0 Å². The predicted molar refractivity (Wildman–Crippen MR) is 51.6 cm³/mol. The molecule has 1 fully saturated rings. The quantitative estimate of drug-likeness (QED) is 0.511. The van der Waals surface area contributed by atoms with Crippen molar-refractivity contribution < 1.29 is 14.6 Å². The van der Waals surface area contributed by atoms with E-state index in [0.29, 0.717) is 6.54 Å². The fourth-order valence-electron chi connectivity index (χ4n) is 1.36. The van der Waals surface area contributed by atoms with Gasteiger partial charge in [0.05, 0.1) is 6.10 Å². The van der Waals surface area contributed by atoms with Crippen LogP contribution in [0.1, 0.15) is 19.8 Å². The highest BCUT2D eigenvalue weighted by Gasteiger charge is 2.24. The Balaban J connectivity index is 2.31. The third kappa shape index (κ3) is 3.25. The van der Waals surface area contributed by atoms with Gasteiger partial charge in [-0.2, -0.15) is 0 Å². The molecule has 3 unspecified atom stereocenters. The summed E-state index contributed by atoms with van der Waals surface area (Å²) in [6.45, 7) is 3.12. The number of aliphatic hydroxyl groups is 1. The lowest BCUT2D eigenvalue weighted by Crippen LogP contribution is -2.45. The van der Waals surface area contributed by atoms with E-state index in [4.69, 9.17) is 15.6 Å². The molecule has 0 aliphatic carbocycles. The van der Waals surface area contributed by atoms with Crippen LogP contribution >= 0.6 is 0 Å². The minimum atomic E-state index is -0.933. The van der Waals surface area contributed by atoms with Gasteiger partial charge in [0, 0.05) is 6.54 Å². The smallest absolute Gasteiger partial charge is 0.325 e. The first kappa shape index (κ1) is 11.4. The molecule has 5 nitrogen and oxygen atoms in total. The standard InChI is InChI=1S/C9H18N2O3/c1-6(12)8(10)9(13)14-7-3-2-4-11-5-7/h6-8,11-12H,2-5,10H2,1H3. The van der Waals surface area contributed by atoms with Crippen LogP contribution in [0.25, 0.3) is 0 Å². The molecule has 0 radical (unpaired) electrons. The van der Waals surface area contributed by atoms with Crippen LogP contribution < -0.4 is 11.1 Å². The van der Waals surface area contributed by atoms with Gasteiger partial charge in [-0.3, -0.25) is 4.79 Å². The normalized spacial score (nSPS) is 26.6. The molecule has 0 saturated carbocycles. The fraction of sp³-hybridized carbons (Fsp3) is 0.889. The van der Waals surface area contributed by atoms with Crippen LogP contribution in [0, 0.1) is 0 Å². The molecule has 0 bridgehead atoms. The van der Waals surface area contributed by atoms with Crippen LogP contribution in [0.15, 0.2) is 0 Å². The maximum absolute atomic E-state index is 11.3. The molecule has 0 spiro atoms. The van der Waals surface area contributed by atoms with E-state index in [-0.39, 0.29) is 6.10 Å². The van der Waals surface area contributed by atoms with E-state index < -0.39 is 18.1 Å². The van der Waals surface area contributed by atoms with Gasteiger partial charge in [0.15, 0.2) is 0 Å². The molecular weight excluding hydrogens is 184 g/mol. The van der Waals surface area contributed by atoms with Crippen molar-refractivity contribution in [3.63, 3.8) is 0 Å². The molecular formula is C9H18N2O3. The van der Waals surface area contributed by atoms with Crippen LogP contribution in [0.3, 0.4) is 0 Å². The minimum absolute atomic E-state index is 0.0963. The number of esters is 1. The SMILES string of the molecule is CC(O)C(N)C(=O)OC1CCCNC1. The summed E-state index contributed by atoms with van der Waals surface area (Å²) in [4.78, 5) is 11.3. The lowest BCUT2D eigenvalue weighted by molar-refractivity contribution is -0.153. The summed E-state index contributed by atoms with van der Waals surface area (Å²) in [6, 6.07) is -0.933. The molecule has 1 rings (SSSR count). The molecule has 0 aromatic heterocycles. The highest BCUT2D eigenvalue weighted by molar-refractivity contribution is 5.76. The van der Waals surface area contributed by atoms with E-state index in [9.17, 15) is 4.79 Å². The lowest BCUT2D eigenvalue weighted by atomic mass is 10.1. The van der Waals surface area contributed by atoms with Gasteiger partial charge in [0.2, 0.25) is 0 Å². The predicted octanol–water partition coefficient (Wildman–Crippen LogP) is -1.01. The monoisotopic (exact) mass is 202 g/mol. The average Bonchev–Trinajstić information content (AvgIpc) is 2.18. The zero-order valence-corrected chi connectivity index (χ0v) is 8.40. The number of hydrogen-bond donors (Lipinski definition) is 3. The van der Waals surface area contributed by atoms with Gasteiger partial charge in [0.1, 0.15) is 12.1 Å². The topological polar surface area (TPSA) is 84.6 Å². The summed E-state index contributed by atoms with van der Waals surface area (Å²) < 4.78 is 5.13. The summed E-state index contributed by atoms with van der Waals surface area (Å²) in [5, 5.41) is 12.2. The van der Waals surface area contributed by atoms with Crippen molar-refractivity contribution >= 4 is 5.97 Å². The van der Waals surface area contributed by atoms with E-state index in [1.54, 1.807) is 0 Å². The summed E-state index contributed by atoms with van der Waals surface area (Å²) in [7, 11) is 0. The number of nitrogens with one attached hydrogen (secondary N) is 1. The van der Waals surface area contributed by atoms with Crippen molar-refractivity contribution in [1.82, 2.24) is 5.32 Å². The van der Waals surface area contributed by atoms with E-state index in [1.165, 1.54) is 6.92 Å². The number of ether oxygens (including phenoxy) is 1. The molecule has 82 valence electrons. The molecule has 1 heterocycles. The number of carbonyl (C=O) groups is 1. The Hall–Kier alpha value is -0.650.